The fourth-order valence-electron chi connectivity index (χ4n) is 2.21. The van der Waals surface area contributed by atoms with Gasteiger partial charge in [-0.15, -0.1) is 5.10 Å². The van der Waals surface area contributed by atoms with Crippen LogP contribution in [0.1, 0.15) is 10.4 Å². The number of anilines is 1. The number of nitrogens with one attached hydrogen (secondary N) is 1. The molecule has 0 unspecified atom stereocenters. The van der Waals surface area contributed by atoms with Gasteiger partial charge in [-0.05, 0) is 24.3 Å². The number of rotatable bonds is 5. The molecule has 2 aromatic carbocycles. The number of hydrogen-bond donors (Lipinski definition) is 1. The van der Waals surface area contributed by atoms with Crippen molar-refractivity contribution in [3.05, 3.63) is 54.1 Å². The molecule has 0 saturated carbocycles. The summed E-state index contributed by atoms with van der Waals surface area (Å²) in [5, 5.41) is 10.3. The molecule has 3 rings (SSSR count). The SMILES string of the molecule is COc1cccc(OC)c1C(=O)Nc1nnc(-c2ccccc2)o1. The summed E-state index contributed by atoms with van der Waals surface area (Å²) in [6.07, 6.45) is 0. The Morgan fingerprint density at radius 1 is 0.958 bits per heavy atom. The molecule has 1 amide bonds. The third kappa shape index (κ3) is 3.05. The molecule has 0 atom stereocenters. The van der Waals surface area contributed by atoms with Gasteiger partial charge in [-0.2, -0.15) is 0 Å². The normalized spacial score (nSPS) is 10.2. The maximum atomic E-state index is 12.5. The van der Waals surface area contributed by atoms with Crippen molar-refractivity contribution in [1.82, 2.24) is 10.2 Å². The molecular formula is C17H15N3O4. The minimum Gasteiger partial charge on any atom is -0.496 e. The van der Waals surface area contributed by atoms with Crippen molar-refractivity contribution in [2.45, 2.75) is 0 Å². The van der Waals surface area contributed by atoms with Crippen LogP contribution in [0.25, 0.3) is 11.5 Å². The Kier molecular flexibility index (Phi) is 4.42. The van der Waals surface area contributed by atoms with E-state index in [1.807, 2.05) is 30.3 Å². The van der Waals surface area contributed by atoms with Crippen LogP contribution in [0.4, 0.5) is 6.01 Å². The van der Waals surface area contributed by atoms with Crippen LogP contribution in [-0.4, -0.2) is 30.3 Å². The Morgan fingerprint density at radius 3 is 2.25 bits per heavy atom. The van der Waals surface area contributed by atoms with Gasteiger partial charge in [-0.1, -0.05) is 29.4 Å². The van der Waals surface area contributed by atoms with Crippen LogP contribution in [0.2, 0.25) is 0 Å². The Balaban J connectivity index is 1.85. The monoisotopic (exact) mass is 325 g/mol. The first-order chi connectivity index (χ1) is 11.7. The van der Waals surface area contributed by atoms with Crippen LogP contribution in [0.5, 0.6) is 11.5 Å². The van der Waals surface area contributed by atoms with Crippen LogP contribution in [-0.2, 0) is 0 Å². The molecule has 1 aromatic heterocycles. The molecule has 1 N–H and O–H groups in total. The number of benzene rings is 2. The molecule has 0 spiro atoms. The third-order valence-electron chi connectivity index (χ3n) is 3.32. The van der Waals surface area contributed by atoms with Crippen LogP contribution in [0, 0.1) is 0 Å². The van der Waals surface area contributed by atoms with Gasteiger partial charge in [0.15, 0.2) is 0 Å². The highest BCUT2D eigenvalue weighted by molar-refractivity contribution is 6.07. The van der Waals surface area contributed by atoms with Crippen molar-refractivity contribution in [2.24, 2.45) is 0 Å². The fourth-order valence-corrected chi connectivity index (χ4v) is 2.21. The van der Waals surface area contributed by atoms with Crippen LogP contribution in [0.15, 0.2) is 52.9 Å². The summed E-state index contributed by atoms with van der Waals surface area (Å²) >= 11 is 0. The summed E-state index contributed by atoms with van der Waals surface area (Å²) in [6.45, 7) is 0. The molecule has 0 aliphatic heterocycles. The first-order valence-electron chi connectivity index (χ1n) is 7.14. The first kappa shape index (κ1) is 15.5. The van der Waals surface area contributed by atoms with E-state index in [1.54, 1.807) is 18.2 Å². The predicted molar refractivity (Wildman–Crippen MR) is 87.2 cm³/mol. The van der Waals surface area contributed by atoms with Gasteiger partial charge in [-0.25, -0.2) is 0 Å². The lowest BCUT2D eigenvalue weighted by Crippen LogP contribution is -2.14. The zero-order valence-electron chi connectivity index (χ0n) is 13.1. The zero-order chi connectivity index (χ0) is 16.9. The highest BCUT2D eigenvalue weighted by Crippen LogP contribution is 2.29. The third-order valence-corrected chi connectivity index (χ3v) is 3.32. The number of hydrogen-bond acceptors (Lipinski definition) is 6. The van der Waals surface area contributed by atoms with E-state index < -0.39 is 5.91 Å². The second-order valence-electron chi connectivity index (χ2n) is 4.77. The van der Waals surface area contributed by atoms with Crippen molar-refractivity contribution in [3.8, 4) is 23.0 Å². The standard InChI is InChI=1S/C17H15N3O4/c1-22-12-9-6-10-13(23-2)14(12)15(21)18-17-20-19-16(24-17)11-7-4-3-5-8-11/h3-10H,1-2H3,(H,18,20,21). The Morgan fingerprint density at radius 2 is 1.62 bits per heavy atom. The molecule has 7 heteroatoms. The Labute approximate surface area is 138 Å². The number of ether oxygens (including phenoxy) is 2. The van der Waals surface area contributed by atoms with Gasteiger partial charge in [-0.3, -0.25) is 10.1 Å². The van der Waals surface area contributed by atoms with E-state index in [0.717, 1.165) is 5.56 Å². The van der Waals surface area contributed by atoms with E-state index in [-0.39, 0.29) is 11.6 Å². The minimum atomic E-state index is -0.465. The topological polar surface area (TPSA) is 86.5 Å². The number of nitrogens with zero attached hydrogens (tertiary/aromatic N) is 2. The summed E-state index contributed by atoms with van der Waals surface area (Å²) in [5.41, 5.74) is 1.02. The minimum absolute atomic E-state index is 0.00758. The smallest absolute Gasteiger partial charge is 0.322 e. The lowest BCUT2D eigenvalue weighted by molar-refractivity contribution is 0.101. The molecule has 0 radical (unpaired) electrons. The lowest BCUT2D eigenvalue weighted by atomic mass is 10.1. The Hall–Kier alpha value is -3.35. The van der Waals surface area contributed by atoms with Crippen molar-refractivity contribution < 1.29 is 18.7 Å². The van der Waals surface area contributed by atoms with E-state index in [1.165, 1.54) is 14.2 Å². The number of carbonyl (C=O) groups is 1. The molecule has 0 aliphatic rings. The Bertz CT molecular complexity index is 824. The van der Waals surface area contributed by atoms with Gasteiger partial charge in [0, 0.05) is 5.56 Å². The van der Waals surface area contributed by atoms with E-state index in [4.69, 9.17) is 13.9 Å². The molecule has 0 bridgehead atoms. The predicted octanol–water partition coefficient (Wildman–Crippen LogP) is 3.01. The van der Waals surface area contributed by atoms with Crippen molar-refractivity contribution in [3.63, 3.8) is 0 Å². The largest absolute Gasteiger partial charge is 0.496 e. The van der Waals surface area contributed by atoms with Gasteiger partial charge in [0.05, 0.1) is 14.2 Å². The molecule has 7 nitrogen and oxygen atoms in total. The lowest BCUT2D eigenvalue weighted by Gasteiger charge is -2.11. The van der Waals surface area contributed by atoms with E-state index >= 15 is 0 Å². The van der Waals surface area contributed by atoms with Crippen LogP contribution < -0.4 is 14.8 Å². The molecule has 0 saturated heterocycles. The number of aromatic nitrogens is 2. The van der Waals surface area contributed by atoms with Gasteiger partial charge < -0.3 is 13.9 Å². The van der Waals surface area contributed by atoms with Crippen molar-refractivity contribution in [2.75, 3.05) is 19.5 Å². The van der Waals surface area contributed by atoms with E-state index in [2.05, 4.69) is 15.5 Å². The average molecular weight is 325 g/mol. The van der Waals surface area contributed by atoms with Gasteiger partial charge in [0.25, 0.3) is 5.91 Å². The number of amides is 1. The maximum Gasteiger partial charge on any atom is 0.322 e. The fraction of sp³-hybridized carbons (Fsp3) is 0.118. The molecule has 122 valence electrons. The molecular weight excluding hydrogens is 310 g/mol. The summed E-state index contributed by atoms with van der Waals surface area (Å²) < 4.78 is 15.9. The highest BCUT2D eigenvalue weighted by atomic mass is 16.5. The summed E-state index contributed by atoms with van der Waals surface area (Å²) in [4.78, 5) is 12.5. The van der Waals surface area contributed by atoms with Crippen molar-refractivity contribution >= 4 is 11.9 Å². The second kappa shape index (κ2) is 6.82. The number of methoxy groups -OCH3 is 2. The second-order valence-corrected chi connectivity index (χ2v) is 4.77. The summed E-state index contributed by atoms with van der Waals surface area (Å²) in [6, 6.07) is 14.3. The van der Waals surface area contributed by atoms with Gasteiger partial charge in [0.1, 0.15) is 17.1 Å². The van der Waals surface area contributed by atoms with Gasteiger partial charge >= 0.3 is 6.01 Å². The van der Waals surface area contributed by atoms with Crippen molar-refractivity contribution in [1.29, 1.82) is 0 Å². The average Bonchev–Trinajstić information content (AvgIpc) is 3.10. The van der Waals surface area contributed by atoms with E-state index in [0.29, 0.717) is 17.4 Å². The molecule has 1 heterocycles. The number of carbonyl (C=O) groups excluding carboxylic acids is 1. The summed E-state index contributed by atoms with van der Waals surface area (Å²) in [7, 11) is 2.96. The first-order valence-corrected chi connectivity index (χ1v) is 7.14. The van der Waals surface area contributed by atoms with Gasteiger partial charge in [0.2, 0.25) is 5.89 Å². The molecule has 0 fully saturated rings. The maximum absolute atomic E-state index is 12.5. The molecule has 24 heavy (non-hydrogen) atoms. The zero-order valence-corrected chi connectivity index (χ0v) is 13.1. The molecule has 3 aromatic rings. The van der Waals surface area contributed by atoms with E-state index in [9.17, 15) is 4.79 Å². The molecule has 0 aliphatic carbocycles. The van der Waals surface area contributed by atoms with Crippen LogP contribution in [0.3, 0.4) is 0 Å². The van der Waals surface area contributed by atoms with Crippen LogP contribution >= 0.6 is 0 Å². The quantitative estimate of drug-likeness (QED) is 0.776. The summed E-state index contributed by atoms with van der Waals surface area (Å²) in [5.74, 6) is 0.620. The highest BCUT2D eigenvalue weighted by Gasteiger charge is 2.20.